The lowest BCUT2D eigenvalue weighted by molar-refractivity contribution is 0.0748. The van der Waals surface area contributed by atoms with Gasteiger partial charge < -0.3 is 10.6 Å². The van der Waals surface area contributed by atoms with Crippen LogP contribution in [0.1, 0.15) is 17.3 Å². The quantitative estimate of drug-likeness (QED) is 0.872. The maximum Gasteiger partial charge on any atom is 0.255 e. The number of hydrogen-bond donors (Lipinski definition) is 1. The van der Waals surface area contributed by atoms with E-state index in [2.05, 4.69) is 0 Å². The third-order valence-electron chi connectivity index (χ3n) is 2.56. The van der Waals surface area contributed by atoms with Crippen LogP contribution in [-0.4, -0.2) is 30.4 Å². The molecule has 1 atom stereocenters. The van der Waals surface area contributed by atoms with Crippen LogP contribution in [0.3, 0.4) is 0 Å². The fourth-order valence-corrected chi connectivity index (χ4v) is 1.47. The van der Waals surface area contributed by atoms with Gasteiger partial charge in [0.2, 0.25) is 0 Å². The van der Waals surface area contributed by atoms with E-state index < -0.39 is 17.5 Å². The van der Waals surface area contributed by atoms with Gasteiger partial charge in [-0.3, -0.25) is 4.79 Å². The van der Waals surface area contributed by atoms with Crippen LogP contribution in [0.4, 0.5) is 8.78 Å². The van der Waals surface area contributed by atoms with Gasteiger partial charge in [0.15, 0.2) is 11.6 Å². The normalized spacial score (nSPS) is 11.7. The molecule has 1 rings (SSSR count). The van der Waals surface area contributed by atoms with Crippen LogP contribution in [0.2, 0.25) is 5.02 Å². The summed E-state index contributed by atoms with van der Waals surface area (Å²) in [6.07, 6.45) is 0. The maximum atomic E-state index is 13.0. The fourth-order valence-electron chi connectivity index (χ4n) is 1.23. The Bertz CT molecular complexity index is 443. The minimum atomic E-state index is -1.11. The number of carbonyl (C=O) groups excluding carboxylic acids is 1. The van der Waals surface area contributed by atoms with E-state index in [1.807, 2.05) is 0 Å². The van der Waals surface area contributed by atoms with Gasteiger partial charge in [-0.2, -0.15) is 0 Å². The predicted molar refractivity (Wildman–Crippen MR) is 69.2 cm³/mol. The molecule has 0 saturated carbocycles. The summed E-state index contributed by atoms with van der Waals surface area (Å²) in [5, 5.41) is -0.120. The first-order chi connectivity index (χ1) is 7.88. The molecule has 7 heteroatoms. The molecule has 18 heavy (non-hydrogen) atoms. The second-order valence-corrected chi connectivity index (χ2v) is 4.15. The summed E-state index contributed by atoms with van der Waals surface area (Å²) in [4.78, 5) is 13.3. The molecule has 0 fully saturated rings. The van der Waals surface area contributed by atoms with Gasteiger partial charge in [-0.15, -0.1) is 12.4 Å². The zero-order valence-corrected chi connectivity index (χ0v) is 11.5. The summed E-state index contributed by atoms with van der Waals surface area (Å²) in [7, 11) is 1.53. The minimum Gasteiger partial charge on any atom is -0.338 e. The molecule has 0 saturated heterocycles. The van der Waals surface area contributed by atoms with Crippen molar-refractivity contribution in [2.45, 2.75) is 13.0 Å². The van der Waals surface area contributed by atoms with Crippen molar-refractivity contribution in [3.05, 3.63) is 34.4 Å². The van der Waals surface area contributed by atoms with E-state index in [-0.39, 0.29) is 35.6 Å². The summed E-state index contributed by atoms with van der Waals surface area (Å²) in [6.45, 7) is 2.01. The van der Waals surface area contributed by atoms with Crippen LogP contribution >= 0.6 is 24.0 Å². The molecule has 1 aromatic rings. The van der Waals surface area contributed by atoms with Crippen molar-refractivity contribution < 1.29 is 13.6 Å². The lowest BCUT2D eigenvalue weighted by Gasteiger charge is -2.24. The van der Waals surface area contributed by atoms with Crippen LogP contribution in [0.25, 0.3) is 0 Å². The highest BCUT2D eigenvalue weighted by molar-refractivity contribution is 6.33. The molecule has 0 aromatic heterocycles. The highest BCUT2D eigenvalue weighted by atomic mass is 35.5. The van der Waals surface area contributed by atoms with E-state index in [0.29, 0.717) is 0 Å². The van der Waals surface area contributed by atoms with Crippen molar-refractivity contribution in [2.24, 2.45) is 5.73 Å². The van der Waals surface area contributed by atoms with Crippen LogP contribution in [-0.2, 0) is 0 Å². The molecule has 1 unspecified atom stereocenters. The third-order valence-corrected chi connectivity index (χ3v) is 2.88. The number of likely N-dealkylation sites (N-methyl/N-ethyl adjacent to an activating group) is 1. The number of carbonyl (C=O) groups is 1. The molecule has 1 amide bonds. The number of halogens is 4. The van der Waals surface area contributed by atoms with Gasteiger partial charge in [0.1, 0.15) is 0 Å². The first-order valence-corrected chi connectivity index (χ1v) is 5.38. The molecule has 0 aliphatic heterocycles. The van der Waals surface area contributed by atoms with E-state index in [4.69, 9.17) is 17.3 Å². The number of rotatable bonds is 3. The van der Waals surface area contributed by atoms with Crippen molar-refractivity contribution in [1.29, 1.82) is 0 Å². The molecule has 0 bridgehead atoms. The molecule has 1 aromatic carbocycles. The molecule has 102 valence electrons. The molecular weight excluding hydrogens is 285 g/mol. The largest absolute Gasteiger partial charge is 0.338 e. The number of amides is 1. The van der Waals surface area contributed by atoms with Crippen LogP contribution < -0.4 is 5.73 Å². The first kappa shape index (κ1) is 17.1. The SMILES string of the molecule is CC(CN)N(C)C(=O)c1cc(F)c(F)cc1Cl.Cl. The molecule has 0 aliphatic rings. The van der Waals surface area contributed by atoms with Crippen molar-refractivity contribution in [3.63, 3.8) is 0 Å². The number of nitrogens with zero attached hydrogens (tertiary/aromatic N) is 1. The minimum absolute atomic E-state index is 0. The Balaban J connectivity index is 0.00000289. The van der Waals surface area contributed by atoms with Crippen LogP contribution in [0, 0.1) is 11.6 Å². The Labute approximate surface area is 115 Å². The Hall–Kier alpha value is -0.910. The summed E-state index contributed by atoms with van der Waals surface area (Å²) >= 11 is 5.70. The third kappa shape index (κ3) is 3.54. The van der Waals surface area contributed by atoms with Gasteiger partial charge in [-0.25, -0.2) is 8.78 Å². The molecule has 0 radical (unpaired) electrons. The number of nitrogens with two attached hydrogens (primary N) is 1. The molecule has 0 heterocycles. The number of benzene rings is 1. The van der Waals surface area contributed by atoms with Gasteiger partial charge in [-0.1, -0.05) is 11.6 Å². The number of hydrogen-bond acceptors (Lipinski definition) is 2. The Morgan fingerprint density at radius 3 is 2.44 bits per heavy atom. The van der Waals surface area contributed by atoms with Crippen LogP contribution in [0.15, 0.2) is 12.1 Å². The van der Waals surface area contributed by atoms with Gasteiger partial charge in [0, 0.05) is 19.6 Å². The predicted octanol–water partition coefficient (Wildman–Crippen LogP) is 2.46. The standard InChI is InChI=1S/C11H13ClF2N2O.ClH/c1-6(5-15)16(2)11(17)7-3-9(13)10(14)4-8(7)12;/h3-4,6H,5,15H2,1-2H3;1H. The topological polar surface area (TPSA) is 46.3 Å². The van der Waals surface area contributed by atoms with Crippen molar-refractivity contribution in [1.82, 2.24) is 4.90 Å². The maximum absolute atomic E-state index is 13.0. The molecule has 2 N–H and O–H groups in total. The Morgan fingerprint density at radius 1 is 1.44 bits per heavy atom. The molecule has 0 aliphatic carbocycles. The van der Waals surface area contributed by atoms with Crippen molar-refractivity contribution in [3.8, 4) is 0 Å². The monoisotopic (exact) mass is 298 g/mol. The van der Waals surface area contributed by atoms with Gasteiger partial charge in [-0.05, 0) is 19.1 Å². The zero-order valence-electron chi connectivity index (χ0n) is 9.91. The first-order valence-electron chi connectivity index (χ1n) is 5.00. The van der Waals surface area contributed by atoms with Gasteiger partial charge in [0.25, 0.3) is 5.91 Å². The lowest BCUT2D eigenvalue weighted by atomic mass is 10.1. The Morgan fingerprint density at radius 2 is 1.94 bits per heavy atom. The second-order valence-electron chi connectivity index (χ2n) is 3.75. The Kier molecular flexibility index (Phi) is 6.52. The van der Waals surface area contributed by atoms with Crippen LogP contribution in [0.5, 0.6) is 0 Å². The fraction of sp³-hybridized carbons (Fsp3) is 0.364. The van der Waals surface area contributed by atoms with Crippen molar-refractivity contribution >= 4 is 29.9 Å². The highest BCUT2D eigenvalue weighted by Crippen LogP contribution is 2.21. The van der Waals surface area contributed by atoms with E-state index in [1.54, 1.807) is 6.92 Å². The average molecular weight is 299 g/mol. The summed E-state index contributed by atoms with van der Waals surface area (Å²) in [5.41, 5.74) is 5.34. The van der Waals surface area contributed by atoms with Crippen molar-refractivity contribution in [2.75, 3.05) is 13.6 Å². The lowest BCUT2D eigenvalue weighted by Crippen LogP contribution is -2.39. The smallest absolute Gasteiger partial charge is 0.255 e. The van der Waals surface area contributed by atoms with E-state index >= 15 is 0 Å². The zero-order chi connectivity index (χ0) is 13.2. The van der Waals surface area contributed by atoms with E-state index in [9.17, 15) is 13.6 Å². The molecular formula is C11H14Cl2F2N2O. The van der Waals surface area contributed by atoms with Gasteiger partial charge >= 0.3 is 0 Å². The summed E-state index contributed by atoms with van der Waals surface area (Å²) < 4.78 is 25.9. The average Bonchev–Trinajstić information content (AvgIpc) is 2.31. The van der Waals surface area contributed by atoms with E-state index in [0.717, 1.165) is 12.1 Å². The summed E-state index contributed by atoms with van der Waals surface area (Å²) in [6, 6.07) is 1.36. The van der Waals surface area contributed by atoms with Gasteiger partial charge in [0.05, 0.1) is 10.6 Å². The highest BCUT2D eigenvalue weighted by Gasteiger charge is 2.20. The second kappa shape index (κ2) is 6.87. The van der Waals surface area contributed by atoms with E-state index in [1.165, 1.54) is 11.9 Å². The molecule has 0 spiro atoms. The molecule has 3 nitrogen and oxygen atoms in total. The summed E-state index contributed by atoms with van der Waals surface area (Å²) in [5.74, 6) is -2.68.